The van der Waals surface area contributed by atoms with Crippen molar-refractivity contribution in [1.29, 1.82) is 0 Å². The summed E-state index contributed by atoms with van der Waals surface area (Å²) in [6.45, 7) is 6.87. The van der Waals surface area contributed by atoms with Crippen molar-refractivity contribution < 1.29 is 0 Å². The summed E-state index contributed by atoms with van der Waals surface area (Å²) in [5.74, 6) is 0. The molecule has 0 radical (unpaired) electrons. The van der Waals surface area contributed by atoms with Gasteiger partial charge in [-0.1, -0.05) is 13.8 Å². The zero-order valence-corrected chi connectivity index (χ0v) is 8.40. The van der Waals surface area contributed by atoms with Crippen LogP contribution in [0.3, 0.4) is 0 Å². The Morgan fingerprint density at radius 1 is 1.17 bits per heavy atom. The van der Waals surface area contributed by atoms with Crippen molar-refractivity contribution in [3.8, 4) is 0 Å². The quantitative estimate of drug-likeness (QED) is 0.490. The summed E-state index contributed by atoms with van der Waals surface area (Å²) in [4.78, 5) is 0. The summed E-state index contributed by atoms with van der Waals surface area (Å²) >= 11 is 0. The first kappa shape index (κ1) is 11.9. The van der Waals surface area contributed by atoms with Gasteiger partial charge in [0.2, 0.25) is 0 Å². The molecule has 3 nitrogen and oxygen atoms in total. The molecule has 0 fully saturated rings. The average molecular weight is 173 g/mol. The van der Waals surface area contributed by atoms with E-state index in [4.69, 9.17) is 11.5 Å². The Hall–Kier alpha value is -0.120. The second-order valence-corrected chi connectivity index (χ2v) is 3.36. The minimum atomic E-state index is 0.0294. The van der Waals surface area contributed by atoms with Gasteiger partial charge in [0.1, 0.15) is 0 Å². The van der Waals surface area contributed by atoms with Gasteiger partial charge in [-0.2, -0.15) is 0 Å². The molecule has 0 spiro atoms. The zero-order chi connectivity index (χ0) is 9.45. The van der Waals surface area contributed by atoms with Crippen molar-refractivity contribution in [3.05, 3.63) is 0 Å². The molecule has 0 atom stereocenters. The Balaban J connectivity index is 3.45. The maximum atomic E-state index is 6.11. The topological polar surface area (TPSA) is 64.1 Å². The maximum absolute atomic E-state index is 6.11. The minimum Gasteiger partial charge on any atom is -0.329 e. The van der Waals surface area contributed by atoms with Gasteiger partial charge in [0.25, 0.3) is 0 Å². The van der Waals surface area contributed by atoms with Gasteiger partial charge in [-0.3, -0.25) is 0 Å². The third kappa shape index (κ3) is 4.70. The second-order valence-electron chi connectivity index (χ2n) is 3.36. The summed E-state index contributed by atoms with van der Waals surface area (Å²) in [6.07, 6.45) is 3.14. The fourth-order valence-corrected chi connectivity index (χ4v) is 1.17. The molecule has 0 saturated heterocycles. The fraction of sp³-hybridized carbons (Fsp3) is 1.00. The van der Waals surface area contributed by atoms with Crippen LogP contribution in [-0.2, 0) is 0 Å². The molecular weight excluding hydrogens is 150 g/mol. The van der Waals surface area contributed by atoms with Crippen LogP contribution in [0.15, 0.2) is 0 Å². The van der Waals surface area contributed by atoms with Gasteiger partial charge in [0.05, 0.1) is 0 Å². The lowest BCUT2D eigenvalue weighted by atomic mass is 9.90. The number of nitrogens with one attached hydrogen (secondary N) is 1. The van der Waals surface area contributed by atoms with Crippen LogP contribution in [0.2, 0.25) is 0 Å². The molecule has 0 aliphatic carbocycles. The Bertz CT molecular complexity index is 99.9. The van der Waals surface area contributed by atoms with Crippen LogP contribution in [0.4, 0.5) is 0 Å². The van der Waals surface area contributed by atoms with E-state index in [1.54, 1.807) is 0 Å². The average Bonchev–Trinajstić information content (AvgIpc) is 2.12. The first-order chi connectivity index (χ1) is 5.68. The molecule has 0 unspecified atom stereocenters. The van der Waals surface area contributed by atoms with Gasteiger partial charge in [0, 0.05) is 18.6 Å². The second kappa shape index (κ2) is 6.40. The molecule has 74 valence electrons. The summed E-state index contributed by atoms with van der Waals surface area (Å²) < 4.78 is 0. The lowest BCUT2D eigenvalue weighted by Gasteiger charge is -2.26. The van der Waals surface area contributed by atoms with E-state index in [0.717, 1.165) is 32.4 Å². The fourth-order valence-electron chi connectivity index (χ4n) is 1.17. The van der Waals surface area contributed by atoms with Gasteiger partial charge < -0.3 is 16.8 Å². The highest BCUT2D eigenvalue weighted by atomic mass is 14.9. The van der Waals surface area contributed by atoms with E-state index in [1.165, 1.54) is 0 Å². The first-order valence-electron chi connectivity index (χ1n) is 4.88. The zero-order valence-electron chi connectivity index (χ0n) is 8.40. The smallest absolute Gasteiger partial charge is 0.0161 e. The summed E-state index contributed by atoms with van der Waals surface area (Å²) in [7, 11) is 0. The first-order valence-corrected chi connectivity index (χ1v) is 4.88. The standard InChI is InChI=1S/C9H23N3/c1-3-9(11,4-2)5-7-12-8-6-10/h12H,3-8,10-11H2,1-2H3. The van der Waals surface area contributed by atoms with E-state index in [1.807, 2.05) is 0 Å². The van der Waals surface area contributed by atoms with E-state index in [9.17, 15) is 0 Å². The third-order valence-electron chi connectivity index (χ3n) is 2.53. The molecule has 0 amide bonds. The Morgan fingerprint density at radius 3 is 2.17 bits per heavy atom. The highest BCUT2D eigenvalue weighted by Gasteiger charge is 2.18. The van der Waals surface area contributed by atoms with Gasteiger partial charge >= 0.3 is 0 Å². The lowest BCUT2D eigenvalue weighted by molar-refractivity contribution is 0.360. The molecule has 0 aromatic carbocycles. The molecule has 5 N–H and O–H groups in total. The lowest BCUT2D eigenvalue weighted by Crippen LogP contribution is -2.41. The Labute approximate surface area is 75.9 Å². The molecular formula is C9H23N3. The highest BCUT2D eigenvalue weighted by Crippen LogP contribution is 2.14. The molecule has 0 aromatic heterocycles. The summed E-state index contributed by atoms with van der Waals surface area (Å²) in [6, 6.07) is 0. The van der Waals surface area contributed by atoms with Crippen LogP contribution in [0.25, 0.3) is 0 Å². The van der Waals surface area contributed by atoms with Gasteiger partial charge in [-0.05, 0) is 25.8 Å². The molecule has 3 heteroatoms. The molecule has 0 rings (SSSR count). The molecule has 0 heterocycles. The molecule has 0 aliphatic rings. The van der Waals surface area contributed by atoms with E-state index in [2.05, 4.69) is 19.2 Å². The normalized spacial score (nSPS) is 12.0. The SMILES string of the molecule is CCC(N)(CC)CCNCCN. The Morgan fingerprint density at radius 2 is 1.75 bits per heavy atom. The number of hydrogen-bond acceptors (Lipinski definition) is 3. The molecule has 0 saturated carbocycles. The predicted octanol–water partition coefficient (Wildman–Crippen LogP) is 0.442. The molecule has 0 aromatic rings. The van der Waals surface area contributed by atoms with E-state index in [0.29, 0.717) is 6.54 Å². The van der Waals surface area contributed by atoms with Crippen LogP contribution >= 0.6 is 0 Å². The van der Waals surface area contributed by atoms with Crippen LogP contribution < -0.4 is 16.8 Å². The van der Waals surface area contributed by atoms with Crippen molar-refractivity contribution in [2.45, 2.75) is 38.6 Å². The van der Waals surface area contributed by atoms with Crippen molar-refractivity contribution >= 4 is 0 Å². The van der Waals surface area contributed by atoms with E-state index < -0.39 is 0 Å². The number of rotatable bonds is 7. The van der Waals surface area contributed by atoms with Crippen LogP contribution in [-0.4, -0.2) is 25.2 Å². The Kier molecular flexibility index (Phi) is 6.34. The summed E-state index contributed by atoms with van der Waals surface area (Å²) in [5.41, 5.74) is 11.5. The van der Waals surface area contributed by atoms with Crippen LogP contribution in [0.1, 0.15) is 33.1 Å². The largest absolute Gasteiger partial charge is 0.329 e. The van der Waals surface area contributed by atoms with Crippen LogP contribution in [0, 0.1) is 0 Å². The molecule has 0 bridgehead atoms. The van der Waals surface area contributed by atoms with Crippen molar-refractivity contribution in [2.24, 2.45) is 11.5 Å². The van der Waals surface area contributed by atoms with Crippen molar-refractivity contribution in [1.82, 2.24) is 5.32 Å². The molecule has 0 aliphatic heterocycles. The summed E-state index contributed by atoms with van der Waals surface area (Å²) in [5, 5.41) is 3.25. The minimum absolute atomic E-state index is 0.0294. The highest BCUT2D eigenvalue weighted by molar-refractivity contribution is 4.81. The van der Waals surface area contributed by atoms with E-state index in [-0.39, 0.29) is 5.54 Å². The van der Waals surface area contributed by atoms with Gasteiger partial charge in [-0.15, -0.1) is 0 Å². The third-order valence-corrected chi connectivity index (χ3v) is 2.53. The molecule has 12 heavy (non-hydrogen) atoms. The monoisotopic (exact) mass is 173 g/mol. The van der Waals surface area contributed by atoms with Crippen molar-refractivity contribution in [3.63, 3.8) is 0 Å². The van der Waals surface area contributed by atoms with Gasteiger partial charge in [-0.25, -0.2) is 0 Å². The maximum Gasteiger partial charge on any atom is 0.0161 e. The van der Waals surface area contributed by atoms with Crippen molar-refractivity contribution in [2.75, 3.05) is 19.6 Å². The van der Waals surface area contributed by atoms with E-state index >= 15 is 0 Å². The number of hydrogen-bond donors (Lipinski definition) is 3. The van der Waals surface area contributed by atoms with Gasteiger partial charge in [0.15, 0.2) is 0 Å². The number of nitrogens with two attached hydrogens (primary N) is 2. The predicted molar refractivity (Wildman–Crippen MR) is 54.0 cm³/mol. The van der Waals surface area contributed by atoms with Crippen LogP contribution in [0.5, 0.6) is 0 Å².